The van der Waals surface area contributed by atoms with Crippen LogP contribution in [0.25, 0.3) is 0 Å². The van der Waals surface area contributed by atoms with E-state index in [1.165, 1.54) is 12.8 Å². The highest BCUT2D eigenvalue weighted by Crippen LogP contribution is 2.27. The normalized spacial score (nSPS) is 15.2. The van der Waals surface area contributed by atoms with E-state index in [2.05, 4.69) is 22.3 Å². The zero-order valence-electron chi connectivity index (χ0n) is 17.0. The summed E-state index contributed by atoms with van der Waals surface area (Å²) < 4.78 is 11.2. The molecule has 2 aromatic rings. The molecule has 1 amide bonds. The lowest BCUT2D eigenvalue weighted by Crippen LogP contribution is -2.38. The molecular weight excluding hydrogens is 352 g/mol. The summed E-state index contributed by atoms with van der Waals surface area (Å²) in [6.45, 7) is 6.67. The summed E-state index contributed by atoms with van der Waals surface area (Å²) in [6.07, 6.45) is 2.40. The van der Waals surface area contributed by atoms with Gasteiger partial charge in [-0.3, -0.25) is 9.69 Å². The van der Waals surface area contributed by atoms with Gasteiger partial charge in [0.25, 0.3) is 5.91 Å². The second kappa shape index (κ2) is 9.60. The summed E-state index contributed by atoms with van der Waals surface area (Å²) in [5, 5.41) is 3.06. The monoisotopic (exact) mass is 382 g/mol. The van der Waals surface area contributed by atoms with Crippen LogP contribution in [0.15, 0.2) is 42.5 Å². The standard InChI is InChI=1S/C23H30N2O3/c1-17-8-6-9-18(2)23(17)28-16-22(26)24-15-21(25-12-4-5-13-25)19-10-7-11-20(14-19)27-3/h6-11,14,21H,4-5,12-13,15-16H2,1-3H3,(H,24,26). The number of hydrogen-bond acceptors (Lipinski definition) is 4. The van der Waals surface area contributed by atoms with Crippen molar-refractivity contribution in [1.82, 2.24) is 10.2 Å². The summed E-state index contributed by atoms with van der Waals surface area (Å²) in [7, 11) is 1.68. The number of aryl methyl sites for hydroxylation is 2. The average Bonchev–Trinajstić information content (AvgIpc) is 3.22. The summed E-state index contributed by atoms with van der Waals surface area (Å²) >= 11 is 0. The molecule has 0 saturated carbocycles. The van der Waals surface area contributed by atoms with Gasteiger partial charge < -0.3 is 14.8 Å². The molecule has 2 aromatic carbocycles. The first-order chi connectivity index (χ1) is 13.6. The quantitative estimate of drug-likeness (QED) is 0.757. The molecule has 0 bridgehead atoms. The Labute approximate surface area is 167 Å². The molecule has 1 saturated heterocycles. The van der Waals surface area contributed by atoms with E-state index < -0.39 is 0 Å². The molecule has 5 heteroatoms. The molecule has 0 radical (unpaired) electrons. The maximum absolute atomic E-state index is 12.4. The highest BCUT2D eigenvalue weighted by molar-refractivity contribution is 5.77. The maximum Gasteiger partial charge on any atom is 0.258 e. The number of hydrogen-bond donors (Lipinski definition) is 1. The van der Waals surface area contributed by atoms with Gasteiger partial charge >= 0.3 is 0 Å². The van der Waals surface area contributed by atoms with Crippen molar-refractivity contribution >= 4 is 5.91 Å². The van der Waals surface area contributed by atoms with Crippen molar-refractivity contribution in [3.63, 3.8) is 0 Å². The molecule has 3 rings (SSSR count). The molecule has 150 valence electrons. The molecule has 1 aliphatic rings. The van der Waals surface area contributed by atoms with E-state index in [1.54, 1.807) is 7.11 Å². The van der Waals surface area contributed by atoms with Gasteiger partial charge in [-0.25, -0.2) is 0 Å². The van der Waals surface area contributed by atoms with Crippen LogP contribution in [-0.2, 0) is 4.79 Å². The Kier molecular flexibility index (Phi) is 6.93. The Morgan fingerprint density at radius 3 is 2.46 bits per heavy atom. The van der Waals surface area contributed by atoms with Crippen LogP contribution >= 0.6 is 0 Å². The van der Waals surface area contributed by atoms with Crippen molar-refractivity contribution in [2.24, 2.45) is 0 Å². The SMILES string of the molecule is COc1cccc(C(CNC(=O)COc2c(C)cccc2C)N2CCCC2)c1. The van der Waals surface area contributed by atoms with Crippen LogP contribution in [0, 0.1) is 13.8 Å². The fourth-order valence-electron chi connectivity index (χ4n) is 3.79. The summed E-state index contributed by atoms with van der Waals surface area (Å²) in [6, 6.07) is 14.2. The first-order valence-corrected chi connectivity index (χ1v) is 9.92. The number of rotatable bonds is 8. The van der Waals surface area contributed by atoms with Gasteiger partial charge in [-0.2, -0.15) is 0 Å². The van der Waals surface area contributed by atoms with Crippen LogP contribution in [0.5, 0.6) is 11.5 Å². The van der Waals surface area contributed by atoms with Gasteiger partial charge in [-0.1, -0.05) is 30.3 Å². The minimum Gasteiger partial charge on any atom is -0.497 e. The molecule has 1 heterocycles. The van der Waals surface area contributed by atoms with E-state index >= 15 is 0 Å². The van der Waals surface area contributed by atoms with E-state index in [-0.39, 0.29) is 18.6 Å². The number of para-hydroxylation sites is 1. The molecule has 28 heavy (non-hydrogen) atoms. The summed E-state index contributed by atoms with van der Waals surface area (Å²) in [5.41, 5.74) is 3.25. The molecule has 0 aliphatic carbocycles. The minimum absolute atomic E-state index is 0.0243. The Morgan fingerprint density at radius 2 is 1.79 bits per heavy atom. The molecule has 1 aliphatic heterocycles. The second-order valence-electron chi connectivity index (χ2n) is 7.35. The number of likely N-dealkylation sites (tertiary alicyclic amines) is 1. The summed E-state index contributed by atoms with van der Waals surface area (Å²) in [4.78, 5) is 14.9. The molecule has 1 atom stereocenters. The number of carbonyl (C=O) groups excluding carboxylic acids is 1. The number of benzene rings is 2. The molecule has 5 nitrogen and oxygen atoms in total. The van der Waals surface area contributed by atoms with Gasteiger partial charge in [-0.05, 0) is 68.6 Å². The van der Waals surface area contributed by atoms with Crippen LogP contribution in [0.3, 0.4) is 0 Å². The smallest absolute Gasteiger partial charge is 0.258 e. The predicted octanol–water partition coefficient (Wildman–Crippen LogP) is 3.64. The molecule has 1 unspecified atom stereocenters. The van der Waals surface area contributed by atoms with Gasteiger partial charge in [0.15, 0.2) is 6.61 Å². The van der Waals surface area contributed by atoms with Crippen LogP contribution < -0.4 is 14.8 Å². The highest BCUT2D eigenvalue weighted by atomic mass is 16.5. The molecule has 0 aromatic heterocycles. The lowest BCUT2D eigenvalue weighted by molar-refractivity contribution is -0.123. The van der Waals surface area contributed by atoms with Crippen LogP contribution in [0.1, 0.15) is 35.6 Å². The third kappa shape index (κ3) is 5.04. The van der Waals surface area contributed by atoms with E-state index in [0.717, 1.165) is 41.3 Å². The second-order valence-corrected chi connectivity index (χ2v) is 7.35. The number of methoxy groups -OCH3 is 1. The average molecular weight is 383 g/mol. The van der Waals surface area contributed by atoms with E-state index in [0.29, 0.717) is 6.54 Å². The minimum atomic E-state index is -0.102. The fourth-order valence-corrected chi connectivity index (χ4v) is 3.79. The van der Waals surface area contributed by atoms with Crippen LogP contribution in [0.4, 0.5) is 0 Å². The van der Waals surface area contributed by atoms with Gasteiger partial charge in [0, 0.05) is 6.54 Å². The molecular formula is C23H30N2O3. The lowest BCUT2D eigenvalue weighted by atomic mass is 10.0. The fraction of sp³-hybridized carbons (Fsp3) is 0.435. The van der Waals surface area contributed by atoms with Gasteiger partial charge in [0.05, 0.1) is 13.2 Å². The number of ether oxygens (including phenoxy) is 2. The van der Waals surface area contributed by atoms with Gasteiger partial charge in [0.1, 0.15) is 11.5 Å². The number of nitrogens with one attached hydrogen (secondary N) is 1. The third-order valence-corrected chi connectivity index (χ3v) is 5.31. The van der Waals surface area contributed by atoms with Crippen molar-refractivity contribution in [2.45, 2.75) is 32.7 Å². The lowest BCUT2D eigenvalue weighted by Gasteiger charge is -2.28. The molecule has 0 spiro atoms. The van der Waals surface area contributed by atoms with Crippen molar-refractivity contribution in [1.29, 1.82) is 0 Å². The number of amides is 1. The Morgan fingerprint density at radius 1 is 1.11 bits per heavy atom. The van der Waals surface area contributed by atoms with Crippen LogP contribution in [-0.4, -0.2) is 44.2 Å². The first-order valence-electron chi connectivity index (χ1n) is 9.92. The Hall–Kier alpha value is -2.53. The van der Waals surface area contributed by atoms with E-state index in [4.69, 9.17) is 9.47 Å². The Balaban J connectivity index is 1.62. The van der Waals surface area contributed by atoms with Gasteiger partial charge in [0.2, 0.25) is 0 Å². The zero-order valence-corrected chi connectivity index (χ0v) is 17.0. The third-order valence-electron chi connectivity index (χ3n) is 5.31. The van der Waals surface area contributed by atoms with Crippen molar-refractivity contribution in [2.75, 3.05) is 33.4 Å². The van der Waals surface area contributed by atoms with E-state index in [1.807, 2.05) is 44.2 Å². The summed E-state index contributed by atoms with van der Waals surface area (Å²) in [5.74, 6) is 1.53. The molecule has 1 N–H and O–H groups in total. The molecule has 1 fully saturated rings. The van der Waals surface area contributed by atoms with Crippen molar-refractivity contribution in [3.8, 4) is 11.5 Å². The Bertz CT molecular complexity index is 780. The highest BCUT2D eigenvalue weighted by Gasteiger charge is 2.24. The number of nitrogens with zero attached hydrogens (tertiary/aromatic N) is 1. The van der Waals surface area contributed by atoms with Gasteiger partial charge in [-0.15, -0.1) is 0 Å². The zero-order chi connectivity index (χ0) is 19.9. The topological polar surface area (TPSA) is 50.8 Å². The predicted molar refractivity (Wildman–Crippen MR) is 111 cm³/mol. The largest absolute Gasteiger partial charge is 0.497 e. The van der Waals surface area contributed by atoms with Crippen molar-refractivity contribution in [3.05, 3.63) is 59.2 Å². The maximum atomic E-state index is 12.4. The van der Waals surface area contributed by atoms with E-state index in [9.17, 15) is 4.79 Å². The first kappa shape index (κ1) is 20.2. The van der Waals surface area contributed by atoms with Crippen molar-refractivity contribution < 1.29 is 14.3 Å². The number of carbonyl (C=O) groups is 1. The van der Waals surface area contributed by atoms with Crippen LogP contribution in [0.2, 0.25) is 0 Å².